The molecule has 0 unspecified atom stereocenters. The highest BCUT2D eigenvalue weighted by molar-refractivity contribution is 9.10. The Bertz CT molecular complexity index is 877. The molecule has 0 saturated carbocycles. The van der Waals surface area contributed by atoms with Crippen molar-refractivity contribution in [2.45, 2.75) is 4.90 Å². The normalized spacial score (nSPS) is 11.5. The Morgan fingerprint density at radius 1 is 1.29 bits per heavy atom. The predicted octanol–water partition coefficient (Wildman–Crippen LogP) is 3.50. The van der Waals surface area contributed by atoms with E-state index in [2.05, 4.69) is 21.2 Å². The summed E-state index contributed by atoms with van der Waals surface area (Å²) >= 11 is 8.90. The Morgan fingerprint density at radius 2 is 1.96 bits per heavy atom. The maximum atomic E-state index is 13.2. The standard InChI is InChI=1S/C15H13BrClFN2O3S/c1-20(9-15(21)19-14-5-3-2-4-11(14)16)24(22,23)10-6-7-13(18)12(17)8-10/h2-8H,9H2,1H3,(H,19,21). The molecule has 0 aliphatic heterocycles. The van der Waals surface area contributed by atoms with Gasteiger partial charge in [-0.15, -0.1) is 0 Å². The molecule has 0 spiro atoms. The van der Waals surface area contributed by atoms with Gasteiger partial charge in [0, 0.05) is 11.5 Å². The number of rotatable bonds is 5. The van der Waals surface area contributed by atoms with Crippen molar-refractivity contribution < 1.29 is 17.6 Å². The number of halogens is 3. The predicted molar refractivity (Wildman–Crippen MR) is 94.0 cm³/mol. The molecule has 1 amide bonds. The van der Waals surface area contributed by atoms with E-state index in [-0.39, 0.29) is 9.92 Å². The summed E-state index contributed by atoms with van der Waals surface area (Å²) in [6, 6.07) is 10.0. The molecule has 0 aromatic heterocycles. The lowest BCUT2D eigenvalue weighted by molar-refractivity contribution is -0.116. The van der Waals surface area contributed by atoms with Gasteiger partial charge in [-0.2, -0.15) is 4.31 Å². The fourth-order valence-electron chi connectivity index (χ4n) is 1.86. The average molecular weight is 436 g/mol. The van der Waals surface area contributed by atoms with Crippen LogP contribution < -0.4 is 5.32 Å². The van der Waals surface area contributed by atoms with E-state index in [9.17, 15) is 17.6 Å². The van der Waals surface area contributed by atoms with E-state index in [0.29, 0.717) is 10.2 Å². The van der Waals surface area contributed by atoms with Crippen molar-refractivity contribution in [3.63, 3.8) is 0 Å². The lowest BCUT2D eigenvalue weighted by Gasteiger charge is -2.17. The highest BCUT2D eigenvalue weighted by Crippen LogP contribution is 2.23. The number of hydrogen-bond acceptors (Lipinski definition) is 3. The number of likely N-dealkylation sites (N-methyl/N-ethyl adjacent to an activating group) is 1. The number of benzene rings is 2. The van der Waals surface area contributed by atoms with Crippen molar-refractivity contribution in [1.82, 2.24) is 4.31 Å². The van der Waals surface area contributed by atoms with E-state index in [0.717, 1.165) is 22.5 Å². The molecule has 0 aliphatic carbocycles. The number of carbonyl (C=O) groups excluding carboxylic acids is 1. The summed E-state index contributed by atoms with van der Waals surface area (Å²) in [7, 11) is -2.71. The van der Waals surface area contributed by atoms with Crippen molar-refractivity contribution in [2.75, 3.05) is 18.9 Å². The number of nitrogens with one attached hydrogen (secondary N) is 1. The van der Waals surface area contributed by atoms with Crippen LogP contribution in [-0.2, 0) is 14.8 Å². The monoisotopic (exact) mass is 434 g/mol. The number of nitrogens with zero attached hydrogens (tertiary/aromatic N) is 1. The van der Waals surface area contributed by atoms with Gasteiger partial charge in [-0.25, -0.2) is 12.8 Å². The second-order valence-electron chi connectivity index (χ2n) is 4.87. The van der Waals surface area contributed by atoms with E-state index in [1.165, 1.54) is 7.05 Å². The molecular weight excluding hydrogens is 423 g/mol. The Labute approximate surface area is 152 Å². The average Bonchev–Trinajstić information content (AvgIpc) is 2.52. The quantitative estimate of drug-likeness (QED) is 0.782. The van der Waals surface area contributed by atoms with Crippen LogP contribution in [0.25, 0.3) is 0 Å². The van der Waals surface area contributed by atoms with Gasteiger partial charge in [-0.1, -0.05) is 23.7 Å². The molecule has 0 fully saturated rings. The molecule has 0 radical (unpaired) electrons. The first-order valence-electron chi connectivity index (χ1n) is 6.67. The third kappa shape index (κ3) is 4.32. The van der Waals surface area contributed by atoms with Gasteiger partial charge in [0.25, 0.3) is 0 Å². The van der Waals surface area contributed by atoms with Crippen LogP contribution in [0.5, 0.6) is 0 Å². The topological polar surface area (TPSA) is 66.5 Å². The molecule has 0 aliphatic rings. The molecule has 0 atom stereocenters. The molecule has 2 rings (SSSR count). The third-order valence-electron chi connectivity index (χ3n) is 3.11. The summed E-state index contributed by atoms with van der Waals surface area (Å²) in [6.45, 7) is -0.404. The lowest BCUT2D eigenvalue weighted by atomic mass is 10.3. The molecule has 2 aromatic carbocycles. The van der Waals surface area contributed by atoms with Crippen molar-refractivity contribution >= 4 is 49.1 Å². The SMILES string of the molecule is CN(CC(=O)Nc1ccccc1Br)S(=O)(=O)c1ccc(F)c(Cl)c1. The third-order valence-corrected chi connectivity index (χ3v) is 5.89. The Balaban J connectivity index is 2.13. The maximum Gasteiger partial charge on any atom is 0.243 e. The van der Waals surface area contributed by atoms with Gasteiger partial charge in [-0.3, -0.25) is 4.79 Å². The Morgan fingerprint density at radius 3 is 2.58 bits per heavy atom. The molecule has 2 aromatic rings. The molecule has 0 bridgehead atoms. The summed E-state index contributed by atoms with van der Waals surface area (Å²) in [5.41, 5.74) is 0.526. The second kappa shape index (κ2) is 7.60. The highest BCUT2D eigenvalue weighted by atomic mass is 79.9. The minimum atomic E-state index is -3.97. The van der Waals surface area contributed by atoms with Gasteiger partial charge >= 0.3 is 0 Å². The van der Waals surface area contributed by atoms with Crippen LogP contribution in [0.4, 0.5) is 10.1 Å². The van der Waals surface area contributed by atoms with E-state index in [4.69, 9.17) is 11.6 Å². The second-order valence-corrected chi connectivity index (χ2v) is 8.17. The number of hydrogen-bond donors (Lipinski definition) is 1. The largest absolute Gasteiger partial charge is 0.324 e. The fourth-order valence-corrected chi connectivity index (χ4v) is 3.64. The number of carbonyl (C=O) groups is 1. The zero-order valence-corrected chi connectivity index (χ0v) is 15.6. The van der Waals surface area contributed by atoms with Crippen LogP contribution in [-0.4, -0.2) is 32.2 Å². The molecule has 0 heterocycles. The van der Waals surface area contributed by atoms with Crippen LogP contribution >= 0.6 is 27.5 Å². The van der Waals surface area contributed by atoms with Gasteiger partial charge in [0.05, 0.1) is 22.2 Å². The van der Waals surface area contributed by atoms with Crippen LogP contribution in [0.1, 0.15) is 0 Å². The molecular formula is C15H13BrClFN2O3S. The minimum absolute atomic E-state index is 0.190. The molecule has 0 saturated heterocycles. The van der Waals surface area contributed by atoms with Crippen LogP contribution in [0.3, 0.4) is 0 Å². The van der Waals surface area contributed by atoms with Crippen LogP contribution in [0, 0.1) is 5.82 Å². The van der Waals surface area contributed by atoms with Gasteiger partial charge in [0.2, 0.25) is 15.9 Å². The first-order chi connectivity index (χ1) is 11.2. The van der Waals surface area contributed by atoms with Crippen molar-refractivity contribution in [1.29, 1.82) is 0 Å². The minimum Gasteiger partial charge on any atom is -0.324 e. The fraction of sp³-hybridized carbons (Fsp3) is 0.133. The van der Waals surface area contributed by atoms with E-state index in [1.54, 1.807) is 24.3 Å². The van der Waals surface area contributed by atoms with Crippen molar-refractivity contribution in [3.8, 4) is 0 Å². The van der Waals surface area contributed by atoms with Crippen molar-refractivity contribution in [3.05, 3.63) is 57.8 Å². The maximum absolute atomic E-state index is 13.2. The Hall–Kier alpha value is -1.48. The summed E-state index contributed by atoms with van der Waals surface area (Å²) in [5, 5.41) is 2.30. The zero-order chi connectivity index (χ0) is 17.9. The number of anilines is 1. The van der Waals surface area contributed by atoms with Gasteiger partial charge in [0.15, 0.2) is 0 Å². The Kier molecular flexibility index (Phi) is 5.97. The zero-order valence-electron chi connectivity index (χ0n) is 12.5. The molecule has 24 heavy (non-hydrogen) atoms. The smallest absolute Gasteiger partial charge is 0.243 e. The van der Waals surface area contributed by atoms with Crippen molar-refractivity contribution in [2.24, 2.45) is 0 Å². The number of para-hydroxylation sites is 1. The molecule has 9 heteroatoms. The van der Waals surface area contributed by atoms with Crippen LogP contribution in [0.15, 0.2) is 51.8 Å². The van der Waals surface area contributed by atoms with E-state index < -0.39 is 28.3 Å². The van der Waals surface area contributed by atoms with E-state index >= 15 is 0 Å². The summed E-state index contributed by atoms with van der Waals surface area (Å²) in [4.78, 5) is 11.9. The van der Waals surface area contributed by atoms with Gasteiger partial charge in [-0.05, 0) is 46.3 Å². The number of sulfonamides is 1. The summed E-state index contributed by atoms with van der Waals surface area (Å²) in [5.74, 6) is -1.23. The number of amides is 1. The van der Waals surface area contributed by atoms with E-state index in [1.807, 2.05) is 0 Å². The van der Waals surface area contributed by atoms with Crippen LogP contribution in [0.2, 0.25) is 5.02 Å². The summed E-state index contributed by atoms with van der Waals surface area (Å²) < 4.78 is 39.5. The van der Waals surface area contributed by atoms with Gasteiger partial charge in [0.1, 0.15) is 5.82 Å². The molecule has 5 nitrogen and oxygen atoms in total. The molecule has 128 valence electrons. The van der Waals surface area contributed by atoms with Gasteiger partial charge < -0.3 is 5.32 Å². The lowest BCUT2D eigenvalue weighted by Crippen LogP contribution is -2.35. The highest BCUT2D eigenvalue weighted by Gasteiger charge is 2.24. The first kappa shape index (κ1) is 18.9. The summed E-state index contributed by atoms with van der Waals surface area (Å²) in [6.07, 6.45) is 0. The molecule has 1 N–H and O–H groups in total. The first-order valence-corrected chi connectivity index (χ1v) is 9.28.